The minimum Gasteiger partial charge on any atom is -0.487 e. The molecule has 0 saturated heterocycles. The van der Waals surface area contributed by atoms with E-state index in [1.807, 2.05) is 37.3 Å². The average Bonchev–Trinajstić information content (AvgIpc) is 2.60. The van der Waals surface area contributed by atoms with E-state index in [-0.39, 0.29) is 12.4 Å². The first-order valence-electron chi connectivity index (χ1n) is 7.88. The SMILES string of the molecule is Cc1ccccc1N=Cc1ccc(OCc2cccc(F)c2)c(Cl)c1. The Morgan fingerprint density at radius 1 is 1.04 bits per heavy atom. The molecule has 0 fully saturated rings. The number of rotatable bonds is 5. The number of aliphatic imine (C=N–C) groups is 1. The smallest absolute Gasteiger partial charge is 0.138 e. The van der Waals surface area contributed by atoms with E-state index in [9.17, 15) is 4.39 Å². The van der Waals surface area contributed by atoms with Crippen LogP contribution in [-0.4, -0.2) is 6.21 Å². The summed E-state index contributed by atoms with van der Waals surface area (Å²) in [7, 11) is 0. The molecule has 0 saturated carbocycles. The maximum atomic E-state index is 13.2. The van der Waals surface area contributed by atoms with E-state index in [1.54, 1.807) is 30.5 Å². The Labute approximate surface area is 151 Å². The lowest BCUT2D eigenvalue weighted by Crippen LogP contribution is -1.97. The highest BCUT2D eigenvalue weighted by Crippen LogP contribution is 2.26. The number of halogens is 2. The number of para-hydroxylation sites is 1. The fraction of sp³-hybridized carbons (Fsp3) is 0.0952. The van der Waals surface area contributed by atoms with Gasteiger partial charge in [-0.3, -0.25) is 4.99 Å². The lowest BCUT2D eigenvalue weighted by Gasteiger charge is -2.09. The summed E-state index contributed by atoms with van der Waals surface area (Å²) in [5, 5.41) is 0.491. The number of nitrogens with zero attached hydrogens (tertiary/aromatic N) is 1. The molecule has 0 spiro atoms. The normalized spacial score (nSPS) is 11.0. The number of hydrogen-bond acceptors (Lipinski definition) is 2. The van der Waals surface area contributed by atoms with Crippen molar-refractivity contribution in [2.45, 2.75) is 13.5 Å². The van der Waals surface area contributed by atoms with Gasteiger partial charge in [0.05, 0.1) is 10.7 Å². The third-order valence-electron chi connectivity index (χ3n) is 3.71. The summed E-state index contributed by atoms with van der Waals surface area (Å²) in [5.74, 6) is 0.272. The van der Waals surface area contributed by atoms with Crippen molar-refractivity contribution in [2.75, 3.05) is 0 Å². The largest absolute Gasteiger partial charge is 0.487 e. The Balaban J connectivity index is 1.69. The van der Waals surface area contributed by atoms with Crippen molar-refractivity contribution < 1.29 is 9.13 Å². The van der Waals surface area contributed by atoms with E-state index >= 15 is 0 Å². The van der Waals surface area contributed by atoms with E-state index in [2.05, 4.69) is 4.99 Å². The van der Waals surface area contributed by atoms with Crippen LogP contribution in [-0.2, 0) is 6.61 Å². The van der Waals surface area contributed by atoms with Crippen LogP contribution >= 0.6 is 11.6 Å². The maximum absolute atomic E-state index is 13.2. The van der Waals surface area contributed by atoms with Gasteiger partial charge >= 0.3 is 0 Å². The first kappa shape index (κ1) is 17.2. The van der Waals surface area contributed by atoms with Crippen LogP contribution in [0.4, 0.5) is 10.1 Å². The predicted octanol–water partition coefficient (Wildman–Crippen LogP) is 6.12. The van der Waals surface area contributed by atoms with Gasteiger partial charge in [-0.05, 0) is 60.0 Å². The van der Waals surface area contributed by atoms with Crippen molar-refractivity contribution in [1.82, 2.24) is 0 Å². The second-order valence-electron chi connectivity index (χ2n) is 5.65. The van der Waals surface area contributed by atoms with Crippen LogP contribution in [0.5, 0.6) is 5.75 Å². The minimum absolute atomic E-state index is 0.258. The molecule has 0 aliphatic rings. The van der Waals surface area contributed by atoms with E-state index < -0.39 is 0 Å². The molecule has 2 nitrogen and oxygen atoms in total. The highest BCUT2D eigenvalue weighted by molar-refractivity contribution is 6.32. The highest BCUT2D eigenvalue weighted by Gasteiger charge is 2.04. The zero-order valence-electron chi connectivity index (χ0n) is 13.7. The molecule has 25 heavy (non-hydrogen) atoms. The molecule has 3 aromatic rings. The van der Waals surface area contributed by atoms with Gasteiger partial charge in [-0.1, -0.05) is 41.9 Å². The Bertz CT molecular complexity index is 908. The third-order valence-corrected chi connectivity index (χ3v) is 4.00. The topological polar surface area (TPSA) is 21.6 Å². The van der Waals surface area contributed by atoms with Crippen LogP contribution in [0.25, 0.3) is 0 Å². The first-order chi connectivity index (χ1) is 12.1. The van der Waals surface area contributed by atoms with Gasteiger partial charge in [-0.25, -0.2) is 4.39 Å². The van der Waals surface area contributed by atoms with Crippen molar-refractivity contribution in [1.29, 1.82) is 0 Å². The molecular weight excluding hydrogens is 337 g/mol. The molecule has 0 atom stereocenters. The minimum atomic E-state index is -0.282. The zero-order valence-corrected chi connectivity index (χ0v) is 14.5. The van der Waals surface area contributed by atoms with Crippen molar-refractivity contribution in [3.63, 3.8) is 0 Å². The molecule has 0 heterocycles. The number of aryl methyl sites for hydroxylation is 1. The van der Waals surface area contributed by atoms with E-state index in [4.69, 9.17) is 16.3 Å². The van der Waals surface area contributed by atoms with Crippen LogP contribution in [0, 0.1) is 12.7 Å². The van der Waals surface area contributed by atoms with Gasteiger partial charge in [0.15, 0.2) is 0 Å². The van der Waals surface area contributed by atoms with Crippen LogP contribution < -0.4 is 4.74 Å². The first-order valence-corrected chi connectivity index (χ1v) is 8.26. The van der Waals surface area contributed by atoms with Gasteiger partial charge < -0.3 is 4.74 Å². The molecule has 0 amide bonds. The van der Waals surface area contributed by atoms with Crippen molar-refractivity contribution in [3.05, 3.63) is 94.3 Å². The molecule has 0 aliphatic heterocycles. The van der Waals surface area contributed by atoms with Crippen LogP contribution in [0.1, 0.15) is 16.7 Å². The average molecular weight is 354 g/mol. The van der Waals surface area contributed by atoms with Crippen LogP contribution in [0.2, 0.25) is 5.02 Å². The van der Waals surface area contributed by atoms with E-state index in [1.165, 1.54) is 12.1 Å². The second-order valence-corrected chi connectivity index (χ2v) is 6.06. The summed E-state index contributed by atoms with van der Waals surface area (Å²) in [5.41, 5.74) is 3.66. The maximum Gasteiger partial charge on any atom is 0.138 e. The fourth-order valence-electron chi connectivity index (χ4n) is 2.35. The van der Waals surface area contributed by atoms with Crippen LogP contribution in [0.3, 0.4) is 0 Å². The molecule has 0 aromatic heterocycles. The quantitative estimate of drug-likeness (QED) is 0.506. The molecule has 126 valence electrons. The molecule has 0 N–H and O–H groups in total. The standard InChI is InChI=1S/C21H17ClFNO/c1-15-5-2-3-8-20(15)24-13-16-9-10-21(19(22)12-16)25-14-17-6-4-7-18(23)11-17/h2-13H,14H2,1H3. The lowest BCUT2D eigenvalue weighted by molar-refractivity contribution is 0.306. The second kappa shape index (κ2) is 7.95. The molecule has 0 radical (unpaired) electrons. The fourth-order valence-corrected chi connectivity index (χ4v) is 2.60. The lowest BCUT2D eigenvalue weighted by atomic mass is 10.2. The highest BCUT2D eigenvalue weighted by atomic mass is 35.5. The predicted molar refractivity (Wildman–Crippen MR) is 101 cm³/mol. The molecule has 0 bridgehead atoms. The number of hydrogen-bond donors (Lipinski definition) is 0. The van der Waals surface area contributed by atoms with E-state index in [0.717, 1.165) is 22.4 Å². The van der Waals surface area contributed by atoms with Gasteiger partial charge in [-0.2, -0.15) is 0 Å². The summed E-state index contributed by atoms with van der Waals surface area (Å²) < 4.78 is 18.9. The molecule has 3 rings (SSSR count). The Morgan fingerprint density at radius 2 is 1.88 bits per heavy atom. The van der Waals surface area contributed by atoms with Crippen molar-refractivity contribution >= 4 is 23.5 Å². The molecule has 0 aliphatic carbocycles. The van der Waals surface area contributed by atoms with Gasteiger partial charge in [0, 0.05) is 6.21 Å². The van der Waals surface area contributed by atoms with Gasteiger partial charge in [0.1, 0.15) is 18.2 Å². The Kier molecular flexibility index (Phi) is 5.46. The molecule has 4 heteroatoms. The Hall–Kier alpha value is -2.65. The van der Waals surface area contributed by atoms with Crippen LogP contribution in [0.15, 0.2) is 71.7 Å². The van der Waals surface area contributed by atoms with Gasteiger partial charge in [0.2, 0.25) is 0 Å². The number of benzene rings is 3. The van der Waals surface area contributed by atoms with Crippen molar-refractivity contribution in [3.8, 4) is 5.75 Å². The van der Waals surface area contributed by atoms with Gasteiger partial charge in [0.25, 0.3) is 0 Å². The van der Waals surface area contributed by atoms with Gasteiger partial charge in [-0.15, -0.1) is 0 Å². The summed E-state index contributed by atoms with van der Waals surface area (Å²) in [4.78, 5) is 4.48. The zero-order chi connectivity index (χ0) is 17.6. The number of ether oxygens (including phenoxy) is 1. The monoisotopic (exact) mass is 353 g/mol. The summed E-state index contributed by atoms with van der Waals surface area (Å²) >= 11 is 6.28. The summed E-state index contributed by atoms with van der Waals surface area (Å²) in [6, 6.07) is 19.7. The third kappa shape index (κ3) is 4.68. The molecule has 3 aromatic carbocycles. The van der Waals surface area contributed by atoms with E-state index in [0.29, 0.717) is 10.8 Å². The summed E-state index contributed by atoms with van der Waals surface area (Å²) in [6.45, 7) is 2.27. The molecular formula is C21H17ClFNO. The van der Waals surface area contributed by atoms with Crippen molar-refractivity contribution in [2.24, 2.45) is 4.99 Å². The summed E-state index contributed by atoms with van der Waals surface area (Å²) in [6.07, 6.45) is 1.77. The molecule has 0 unspecified atom stereocenters. The Morgan fingerprint density at radius 3 is 2.64 bits per heavy atom.